The van der Waals surface area contributed by atoms with Crippen molar-refractivity contribution < 1.29 is 9.59 Å². The minimum Gasteiger partial charge on any atom is -0.356 e. The molecule has 1 aromatic rings. The summed E-state index contributed by atoms with van der Waals surface area (Å²) in [5.74, 6) is 0.396. The molecule has 0 heterocycles. The van der Waals surface area contributed by atoms with Gasteiger partial charge in [0.25, 0.3) is 0 Å². The molecule has 0 saturated carbocycles. The van der Waals surface area contributed by atoms with Crippen LogP contribution in [0, 0.1) is 5.92 Å². The van der Waals surface area contributed by atoms with Gasteiger partial charge in [0.15, 0.2) is 0 Å². The summed E-state index contributed by atoms with van der Waals surface area (Å²) in [6.45, 7) is 6.05. The molecular weight excluding hydrogens is 266 g/mol. The van der Waals surface area contributed by atoms with E-state index in [-0.39, 0.29) is 18.4 Å². The second kappa shape index (κ2) is 9.94. The first-order valence-electron chi connectivity index (χ1n) is 7.36. The van der Waals surface area contributed by atoms with Crippen LogP contribution in [0.15, 0.2) is 30.3 Å². The topological polar surface area (TPSA) is 70.2 Å². The van der Waals surface area contributed by atoms with Gasteiger partial charge >= 0.3 is 0 Å². The van der Waals surface area contributed by atoms with Gasteiger partial charge in [-0.05, 0) is 11.5 Å². The molecule has 21 heavy (non-hydrogen) atoms. The van der Waals surface area contributed by atoms with Gasteiger partial charge < -0.3 is 16.0 Å². The first-order chi connectivity index (χ1) is 10.1. The van der Waals surface area contributed by atoms with Gasteiger partial charge in [-0.1, -0.05) is 44.2 Å². The minimum absolute atomic E-state index is 0.0147. The average molecular weight is 291 g/mol. The summed E-state index contributed by atoms with van der Waals surface area (Å²) < 4.78 is 0. The number of carbonyl (C=O) groups is 2. The molecule has 1 aromatic carbocycles. The molecule has 0 bridgehead atoms. The number of carbonyl (C=O) groups excluding carboxylic acids is 2. The van der Waals surface area contributed by atoms with Crippen LogP contribution >= 0.6 is 0 Å². The lowest BCUT2D eigenvalue weighted by atomic mass is 10.2. The molecule has 1 rings (SSSR count). The first-order valence-corrected chi connectivity index (χ1v) is 7.36. The van der Waals surface area contributed by atoms with Crippen LogP contribution in [0.25, 0.3) is 0 Å². The van der Waals surface area contributed by atoms with Crippen LogP contribution in [-0.2, 0) is 16.1 Å². The van der Waals surface area contributed by atoms with Gasteiger partial charge in [-0.2, -0.15) is 0 Å². The Morgan fingerprint density at radius 1 is 1.05 bits per heavy atom. The SMILES string of the molecule is CC(C)CNC(=O)CCNCC(=O)NCc1ccccc1. The smallest absolute Gasteiger partial charge is 0.234 e. The van der Waals surface area contributed by atoms with Crippen LogP contribution in [0.1, 0.15) is 25.8 Å². The predicted octanol–water partition coefficient (Wildman–Crippen LogP) is 1.05. The van der Waals surface area contributed by atoms with Crippen molar-refractivity contribution in [1.82, 2.24) is 16.0 Å². The van der Waals surface area contributed by atoms with Crippen LogP contribution in [0.3, 0.4) is 0 Å². The number of nitrogens with one attached hydrogen (secondary N) is 3. The third-order valence-corrected chi connectivity index (χ3v) is 2.85. The van der Waals surface area contributed by atoms with Crippen molar-refractivity contribution in [3.63, 3.8) is 0 Å². The summed E-state index contributed by atoms with van der Waals surface area (Å²) in [6, 6.07) is 9.75. The van der Waals surface area contributed by atoms with E-state index in [0.29, 0.717) is 32.0 Å². The van der Waals surface area contributed by atoms with Crippen molar-refractivity contribution >= 4 is 11.8 Å². The molecule has 0 radical (unpaired) electrons. The normalized spacial score (nSPS) is 10.4. The molecule has 3 N–H and O–H groups in total. The summed E-state index contributed by atoms with van der Waals surface area (Å²) in [4.78, 5) is 23.1. The zero-order chi connectivity index (χ0) is 15.5. The van der Waals surface area contributed by atoms with Crippen molar-refractivity contribution in [1.29, 1.82) is 0 Å². The van der Waals surface area contributed by atoms with E-state index in [9.17, 15) is 9.59 Å². The molecule has 0 aromatic heterocycles. The van der Waals surface area contributed by atoms with Gasteiger partial charge in [0, 0.05) is 26.1 Å². The molecule has 0 aliphatic carbocycles. The van der Waals surface area contributed by atoms with E-state index < -0.39 is 0 Å². The lowest BCUT2D eigenvalue weighted by Crippen LogP contribution is -2.36. The molecule has 0 unspecified atom stereocenters. The predicted molar refractivity (Wildman–Crippen MR) is 83.6 cm³/mol. The van der Waals surface area contributed by atoms with Crippen molar-refractivity contribution in [3.8, 4) is 0 Å². The maximum Gasteiger partial charge on any atom is 0.234 e. The Balaban J connectivity index is 2.04. The van der Waals surface area contributed by atoms with Crippen LogP contribution in [-0.4, -0.2) is 31.4 Å². The number of hydrogen-bond donors (Lipinski definition) is 3. The maximum atomic E-state index is 11.6. The van der Waals surface area contributed by atoms with Crippen LogP contribution in [0.2, 0.25) is 0 Å². The highest BCUT2D eigenvalue weighted by molar-refractivity contribution is 5.78. The molecular formula is C16H25N3O2. The number of amides is 2. The van der Waals surface area contributed by atoms with Crippen molar-refractivity contribution in [3.05, 3.63) is 35.9 Å². The molecule has 0 aliphatic rings. The van der Waals surface area contributed by atoms with E-state index in [0.717, 1.165) is 5.56 Å². The fourth-order valence-corrected chi connectivity index (χ4v) is 1.67. The van der Waals surface area contributed by atoms with E-state index in [1.807, 2.05) is 30.3 Å². The second-order valence-corrected chi connectivity index (χ2v) is 5.39. The molecule has 0 aliphatic heterocycles. The molecule has 5 heteroatoms. The number of benzene rings is 1. The monoisotopic (exact) mass is 291 g/mol. The zero-order valence-corrected chi connectivity index (χ0v) is 12.8. The van der Waals surface area contributed by atoms with Crippen molar-refractivity contribution in [2.24, 2.45) is 5.92 Å². The van der Waals surface area contributed by atoms with Gasteiger partial charge in [-0.25, -0.2) is 0 Å². The van der Waals surface area contributed by atoms with E-state index >= 15 is 0 Å². The summed E-state index contributed by atoms with van der Waals surface area (Å²) >= 11 is 0. The van der Waals surface area contributed by atoms with Crippen LogP contribution in [0.5, 0.6) is 0 Å². The number of hydrogen-bond acceptors (Lipinski definition) is 3. The summed E-state index contributed by atoms with van der Waals surface area (Å²) in [5, 5.41) is 8.63. The Morgan fingerprint density at radius 2 is 1.76 bits per heavy atom. The highest BCUT2D eigenvalue weighted by Gasteiger charge is 2.04. The lowest BCUT2D eigenvalue weighted by Gasteiger charge is -2.08. The van der Waals surface area contributed by atoms with Gasteiger partial charge in [-0.3, -0.25) is 9.59 Å². The fourth-order valence-electron chi connectivity index (χ4n) is 1.67. The standard InChI is InChI=1S/C16H25N3O2/c1-13(2)10-18-15(20)8-9-17-12-16(21)19-11-14-6-4-3-5-7-14/h3-7,13,17H,8-12H2,1-2H3,(H,18,20)(H,19,21). The molecule has 5 nitrogen and oxygen atoms in total. The van der Waals surface area contributed by atoms with E-state index in [2.05, 4.69) is 29.8 Å². The van der Waals surface area contributed by atoms with E-state index in [1.165, 1.54) is 0 Å². The third-order valence-electron chi connectivity index (χ3n) is 2.85. The maximum absolute atomic E-state index is 11.6. The molecule has 2 amide bonds. The Hall–Kier alpha value is -1.88. The van der Waals surface area contributed by atoms with Crippen molar-refractivity contribution in [2.75, 3.05) is 19.6 Å². The third kappa shape index (κ3) is 8.81. The fraction of sp³-hybridized carbons (Fsp3) is 0.500. The highest BCUT2D eigenvalue weighted by Crippen LogP contribution is 1.96. The molecule has 0 atom stereocenters. The summed E-state index contributed by atoms with van der Waals surface area (Å²) in [6.07, 6.45) is 0.388. The van der Waals surface area contributed by atoms with E-state index in [1.54, 1.807) is 0 Å². The van der Waals surface area contributed by atoms with Gasteiger partial charge in [0.05, 0.1) is 6.54 Å². The molecule has 0 spiro atoms. The molecule has 116 valence electrons. The Labute approximate surface area is 126 Å². The quantitative estimate of drug-likeness (QED) is 0.596. The summed E-state index contributed by atoms with van der Waals surface area (Å²) in [5.41, 5.74) is 1.07. The van der Waals surface area contributed by atoms with Crippen molar-refractivity contribution in [2.45, 2.75) is 26.8 Å². The Morgan fingerprint density at radius 3 is 2.43 bits per heavy atom. The zero-order valence-electron chi connectivity index (χ0n) is 12.8. The minimum atomic E-state index is -0.0681. The molecule has 0 saturated heterocycles. The van der Waals surface area contributed by atoms with Gasteiger partial charge in [0.1, 0.15) is 0 Å². The molecule has 0 fully saturated rings. The van der Waals surface area contributed by atoms with Crippen LogP contribution in [0.4, 0.5) is 0 Å². The van der Waals surface area contributed by atoms with E-state index in [4.69, 9.17) is 0 Å². The van der Waals surface area contributed by atoms with Gasteiger partial charge in [0.2, 0.25) is 11.8 Å². The lowest BCUT2D eigenvalue weighted by molar-refractivity contribution is -0.122. The average Bonchev–Trinajstić information content (AvgIpc) is 2.48. The Bertz CT molecular complexity index is 432. The van der Waals surface area contributed by atoms with Gasteiger partial charge in [-0.15, -0.1) is 0 Å². The summed E-state index contributed by atoms with van der Waals surface area (Å²) in [7, 11) is 0. The number of rotatable bonds is 9. The van der Waals surface area contributed by atoms with Crippen LogP contribution < -0.4 is 16.0 Å². The highest BCUT2D eigenvalue weighted by atomic mass is 16.2. The Kier molecular flexibility index (Phi) is 8.12. The second-order valence-electron chi connectivity index (χ2n) is 5.39. The first kappa shape index (κ1) is 17.2. The largest absolute Gasteiger partial charge is 0.356 e.